The molecule has 8 heteroatoms. The van der Waals surface area contributed by atoms with Gasteiger partial charge in [0, 0.05) is 32.7 Å². The maximum atomic E-state index is 13.6. The number of piperazine rings is 1. The minimum atomic E-state index is -0.865. The number of likely N-dealkylation sites (N-methyl/N-ethyl adjacent to an activating group) is 1. The molecule has 0 spiro atoms. The fourth-order valence-electron chi connectivity index (χ4n) is 3.86. The highest BCUT2D eigenvalue weighted by molar-refractivity contribution is 5.83. The molecule has 3 rings (SSSR count). The summed E-state index contributed by atoms with van der Waals surface area (Å²) in [5, 5.41) is 0. The highest BCUT2D eigenvalue weighted by Crippen LogP contribution is 2.20. The molecular formula is C23H29FN4O3. The lowest BCUT2D eigenvalue weighted by Gasteiger charge is -2.36. The largest absolute Gasteiger partial charge is 0.497 e. The fourth-order valence-corrected chi connectivity index (χ4v) is 3.86. The summed E-state index contributed by atoms with van der Waals surface area (Å²) in [7, 11) is 3.30. The summed E-state index contributed by atoms with van der Waals surface area (Å²) < 4.78 is 18.8. The van der Waals surface area contributed by atoms with Gasteiger partial charge in [-0.15, -0.1) is 0 Å². The van der Waals surface area contributed by atoms with Crippen LogP contribution >= 0.6 is 0 Å². The second-order valence-electron chi connectivity index (χ2n) is 7.78. The van der Waals surface area contributed by atoms with Crippen LogP contribution in [-0.2, 0) is 16.1 Å². The van der Waals surface area contributed by atoms with Crippen LogP contribution in [0.5, 0.6) is 5.75 Å². The number of methoxy groups -OCH3 is 1. The third kappa shape index (κ3) is 6.02. The van der Waals surface area contributed by atoms with Gasteiger partial charge in [0.05, 0.1) is 13.7 Å². The van der Waals surface area contributed by atoms with Crippen molar-refractivity contribution >= 4 is 11.8 Å². The molecule has 31 heavy (non-hydrogen) atoms. The number of nitrogens with zero attached hydrogens (tertiary/aromatic N) is 3. The predicted molar refractivity (Wildman–Crippen MR) is 116 cm³/mol. The molecule has 1 unspecified atom stereocenters. The number of primary amides is 1. The van der Waals surface area contributed by atoms with Gasteiger partial charge in [-0.3, -0.25) is 19.4 Å². The highest BCUT2D eigenvalue weighted by atomic mass is 19.1. The molecule has 2 N–H and O–H groups in total. The molecule has 1 heterocycles. The average molecular weight is 429 g/mol. The minimum absolute atomic E-state index is 0.0304. The van der Waals surface area contributed by atoms with Crippen LogP contribution < -0.4 is 10.5 Å². The van der Waals surface area contributed by atoms with Gasteiger partial charge in [-0.2, -0.15) is 0 Å². The van der Waals surface area contributed by atoms with Gasteiger partial charge in [0.1, 0.15) is 17.6 Å². The molecule has 2 amide bonds. The summed E-state index contributed by atoms with van der Waals surface area (Å²) in [6.45, 7) is 3.61. The van der Waals surface area contributed by atoms with E-state index in [0.29, 0.717) is 18.7 Å². The van der Waals surface area contributed by atoms with Gasteiger partial charge < -0.3 is 15.4 Å². The van der Waals surface area contributed by atoms with Crippen LogP contribution in [0.3, 0.4) is 0 Å². The molecule has 166 valence electrons. The Morgan fingerprint density at radius 3 is 2.39 bits per heavy atom. The van der Waals surface area contributed by atoms with Gasteiger partial charge in [-0.05, 0) is 42.4 Å². The van der Waals surface area contributed by atoms with Gasteiger partial charge in [-0.25, -0.2) is 4.39 Å². The topological polar surface area (TPSA) is 79.1 Å². The van der Waals surface area contributed by atoms with Crippen LogP contribution in [0.1, 0.15) is 17.2 Å². The molecular weight excluding hydrogens is 399 g/mol. The molecule has 7 nitrogen and oxygen atoms in total. The van der Waals surface area contributed by atoms with Crippen molar-refractivity contribution < 1.29 is 18.7 Å². The van der Waals surface area contributed by atoms with Crippen molar-refractivity contribution in [2.24, 2.45) is 5.73 Å². The van der Waals surface area contributed by atoms with E-state index in [4.69, 9.17) is 10.5 Å². The molecule has 1 aliphatic rings. The van der Waals surface area contributed by atoms with Crippen LogP contribution in [0.2, 0.25) is 0 Å². The first-order valence-corrected chi connectivity index (χ1v) is 10.3. The van der Waals surface area contributed by atoms with Crippen LogP contribution in [0, 0.1) is 5.82 Å². The Labute approximate surface area is 182 Å². The Morgan fingerprint density at radius 2 is 1.81 bits per heavy atom. The summed E-state index contributed by atoms with van der Waals surface area (Å²) in [5.74, 6) is -0.313. The summed E-state index contributed by atoms with van der Waals surface area (Å²) >= 11 is 0. The van der Waals surface area contributed by atoms with E-state index in [-0.39, 0.29) is 12.5 Å². The third-order valence-electron chi connectivity index (χ3n) is 5.55. The normalized spacial score (nSPS) is 15.7. The van der Waals surface area contributed by atoms with Crippen molar-refractivity contribution in [3.05, 3.63) is 65.5 Å². The van der Waals surface area contributed by atoms with Crippen LogP contribution in [0.15, 0.2) is 48.5 Å². The Balaban J connectivity index is 1.53. The first-order valence-electron chi connectivity index (χ1n) is 10.3. The average Bonchev–Trinajstić information content (AvgIpc) is 2.74. The molecule has 2 aromatic carbocycles. The molecule has 0 saturated carbocycles. The number of halogens is 1. The number of benzene rings is 2. The quantitative estimate of drug-likeness (QED) is 0.692. The SMILES string of the molecule is COc1ccc(CN2CCN(C(=O)CN(C)C(C(N)=O)c3cccc(F)c3)CC2)cc1. The number of rotatable bonds is 8. The second kappa shape index (κ2) is 10.4. The smallest absolute Gasteiger partial charge is 0.239 e. The number of ether oxygens (including phenoxy) is 1. The molecule has 1 saturated heterocycles. The number of amides is 2. The monoisotopic (exact) mass is 428 g/mol. The first-order chi connectivity index (χ1) is 14.9. The van der Waals surface area contributed by atoms with Crippen molar-refractivity contribution in [2.45, 2.75) is 12.6 Å². The van der Waals surface area contributed by atoms with Crippen molar-refractivity contribution in [3.8, 4) is 5.75 Å². The number of carbonyl (C=O) groups is 2. The van der Waals surface area contributed by atoms with Gasteiger partial charge in [0.2, 0.25) is 11.8 Å². The van der Waals surface area contributed by atoms with Crippen LogP contribution in [-0.4, -0.2) is 73.4 Å². The van der Waals surface area contributed by atoms with Crippen molar-refractivity contribution in [2.75, 3.05) is 46.9 Å². The molecule has 0 radical (unpaired) electrons. The van der Waals surface area contributed by atoms with E-state index in [1.54, 1.807) is 30.0 Å². The summed E-state index contributed by atoms with van der Waals surface area (Å²) in [6, 6.07) is 12.8. The van der Waals surface area contributed by atoms with E-state index in [9.17, 15) is 14.0 Å². The van der Waals surface area contributed by atoms with Gasteiger partial charge in [0.15, 0.2) is 0 Å². The lowest BCUT2D eigenvalue weighted by molar-refractivity contribution is -0.135. The van der Waals surface area contributed by atoms with Gasteiger partial charge in [-0.1, -0.05) is 24.3 Å². The summed E-state index contributed by atoms with van der Waals surface area (Å²) in [5.41, 5.74) is 7.17. The lowest BCUT2D eigenvalue weighted by Crippen LogP contribution is -2.51. The van der Waals surface area contributed by atoms with Crippen LogP contribution in [0.4, 0.5) is 4.39 Å². The zero-order valence-electron chi connectivity index (χ0n) is 18.0. The maximum absolute atomic E-state index is 13.6. The van der Waals surface area contributed by atoms with Crippen molar-refractivity contribution in [1.82, 2.24) is 14.7 Å². The van der Waals surface area contributed by atoms with Crippen LogP contribution in [0.25, 0.3) is 0 Å². The molecule has 1 atom stereocenters. The maximum Gasteiger partial charge on any atom is 0.239 e. The lowest BCUT2D eigenvalue weighted by atomic mass is 10.0. The molecule has 0 aliphatic carbocycles. The summed E-state index contributed by atoms with van der Waals surface area (Å²) in [6.07, 6.45) is 0. The standard InChI is InChI=1S/C23H29FN4O3/c1-26(22(23(25)30)18-4-3-5-19(24)14-18)16-21(29)28-12-10-27(11-13-28)15-17-6-8-20(31-2)9-7-17/h3-9,14,22H,10-13,15-16H2,1-2H3,(H2,25,30). The Morgan fingerprint density at radius 1 is 1.13 bits per heavy atom. The second-order valence-corrected chi connectivity index (χ2v) is 7.78. The predicted octanol–water partition coefficient (Wildman–Crippen LogP) is 1.64. The van der Waals surface area contributed by atoms with E-state index >= 15 is 0 Å². The van der Waals surface area contributed by atoms with Gasteiger partial charge >= 0.3 is 0 Å². The van der Waals surface area contributed by atoms with E-state index in [0.717, 1.165) is 25.4 Å². The van der Waals surface area contributed by atoms with E-state index in [1.165, 1.54) is 23.8 Å². The molecule has 1 aliphatic heterocycles. The minimum Gasteiger partial charge on any atom is -0.497 e. The first kappa shape index (κ1) is 22.7. The number of hydrogen-bond donors (Lipinski definition) is 1. The third-order valence-corrected chi connectivity index (χ3v) is 5.55. The highest BCUT2D eigenvalue weighted by Gasteiger charge is 2.28. The van der Waals surface area contributed by atoms with E-state index < -0.39 is 17.8 Å². The van der Waals surface area contributed by atoms with E-state index in [2.05, 4.69) is 4.90 Å². The van der Waals surface area contributed by atoms with Crippen molar-refractivity contribution in [3.63, 3.8) is 0 Å². The molecule has 0 bridgehead atoms. The molecule has 0 aromatic heterocycles. The summed E-state index contributed by atoms with van der Waals surface area (Å²) in [4.78, 5) is 30.4. The molecule has 1 fully saturated rings. The zero-order chi connectivity index (χ0) is 22.4. The van der Waals surface area contributed by atoms with E-state index in [1.807, 2.05) is 24.3 Å². The number of carbonyl (C=O) groups excluding carboxylic acids is 2. The fraction of sp³-hybridized carbons (Fsp3) is 0.391. The number of hydrogen-bond acceptors (Lipinski definition) is 5. The zero-order valence-corrected chi connectivity index (χ0v) is 18.0. The number of nitrogens with two attached hydrogens (primary N) is 1. The van der Waals surface area contributed by atoms with Crippen molar-refractivity contribution in [1.29, 1.82) is 0 Å². The Bertz CT molecular complexity index is 898. The molecule has 2 aromatic rings. The Kier molecular flexibility index (Phi) is 7.59. The van der Waals surface area contributed by atoms with Gasteiger partial charge in [0.25, 0.3) is 0 Å². The Hall–Kier alpha value is -2.97.